The van der Waals surface area contributed by atoms with Crippen LogP contribution in [0.1, 0.15) is 49.5 Å². The fourth-order valence-electron chi connectivity index (χ4n) is 2.77. The van der Waals surface area contributed by atoms with E-state index in [4.69, 9.17) is 5.73 Å². The Balaban J connectivity index is 2.06. The van der Waals surface area contributed by atoms with Crippen molar-refractivity contribution in [2.45, 2.75) is 45.7 Å². The predicted molar refractivity (Wildman–Crippen MR) is 90.7 cm³/mol. The van der Waals surface area contributed by atoms with E-state index in [1.807, 2.05) is 25.1 Å². The number of nitrogens with two attached hydrogens (primary N) is 1. The second-order valence-electron chi connectivity index (χ2n) is 6.91. The molecule has 0 bridgehead atoms. The third-order valence-corrected chi connectivity index (χ3v) is 4.89. The summed E-state index contributed by atoms with van der Waals surface area (Å²) in [5, 5.41) is 3.10. The molecule has 1 aromatic carbocycles. The van der Waals surface area contributed by atoms with Gasteiger partial charge in [-0.1, -0.05) is 26.0 Å². The van der Waals surface area contributed by atoms with Crippen LogP contribution < -0.4 is 11.1 Å². The maximum atomic E-state index is 12.5. The van der Waals surface area contributed by atoms with Gasteiger partial charge in [0.2, 0.25) is 0 Å². The fourth-order valence-corrected chi connectivity index (χ4v) is 2.77. The first kappa shape index (κ1) is 17.0. The summed E-state index contributed by atoms with van der Waals surface area (Å²) >= 11 is 0. The van der Waals surface area contributed by atoms with Gasteiger partial charge in [-0.2, -0.15) is 0 Å². The zero-order valence-electron chi connectivity index (χ0n) is 14.1. The largest absolute Gasteiger partial charge is 0.345 e. The lowest BCUT2D eigenvalue weighted by atomic mass is 9.88. The van der Waals surface area contributed by atoms with E-state index in [2.05, 4.69) is 30.1 Å². The third-order valence-electron chi connectivity index (χ3n) is 4.89. The molecule has 22 heavy (non-hydrogen) atoms. The quantitative estimate of drug-likeness (QED) is 0.848. The van der Waals surface area contributed by atoms with Crippen LogP contribution in [0.15, 0.2) is 24.3 Å². The number of hydrogen-bond acceptors (Lipinski definition) is 3. The Hall–Kier alpha value is -1.39. The summed E-state index contributed by atoms with van der Waals surface area (Å²) in [6.45, 7) is 9.85. The van der Waals surface area contributed by atoms with Gasteiger partial charge in [0.1, 0.15) is 0 Å². The minimum Gasteiger partial charge on any atom is -0.345 e. The first-order valence-electron chi connectivity index (χ1n) is 8.28. The van der Waals surface area contributed by atoms with Crippen LogP contribution in [-0.2, 0) is 6.54 Å². The second-order valence-corrected chi connectivity index (χ2v) is 6.91. The van der Waals surface area contributed by atoms with E-state index in [0.29, 0.717) is 6.54 Å². The summed E-state index contributed by atoms with van der Waals surface area (Å²) in [6, 6.07) is 7.94. The lowest BCUT2D eigenvalue weighted by Crippen LogP contribution is -2.55. The molecule has 1 atom stereocenters. The van der Waals surface area contributed by atoms with Gasteiger partial charge in [-0.15, -0.1) is 0 Å². The zero-order chi connectivity index (χ0) is 16.2. The van der Waals surface area contributed by atoms with Crippen LogP contribution >= 0.6 is 0 Å². The summed E-state index contributed by atoms with van der Waals surface area (Å²) in [4.78, 5) is 15.0. The van der Waals surface area contributed by atoms with Gasteiger partial charge >= 0.3 is 0 Å². The number of hydrogen-bond donors (Lipinski definition) is 2. The van der Waals surface area contributed by atoms with Crippen molar-refractivity contribution < 1.29 is 4.79 Å². The van der Waals surface area contributed by atoms with Gasteiger partial charge < -0.3 is 11.1 Å². The molecule has 0 aliphatic carbocycles. The van der Waals surface area contributed by atoms with Gasteiger partial charge in [-0.3, -0.25) is 9.69 Å². The average molecular weight is 303 g/mol. The van der Waals surface area contributed by atoms with Crippen LogP contribution in [0.25, 0.3) is 0 Å². The van der Waals surface area contributed by atoms with E-state index < -0.39 is 0 Å². The molecule has 0 radical (unpaired) electrons. The Morgan fingerprint density at radius 1 is 1.36 bits per heavy atom. The number of nitrogens with one attached hydrogen (secondary N) is 1. The highest BCUT2D eigenvalue weighted by Gasteiger charge is 2.28. The number of carbonyl (C=O) groups excluding carboxylic acids is 1. The van der Waals surface area contributed by atoms with Crippen molar-refractivity contribution in [2.24, 2.45) is 11.7 Å². The van der Waals surface area contributed by atoms with Crippen LogP contribution in [-0.4, -0.2) is 36.0 Å². The second kappa shape index (κ2) is 7.25. The van der Waals surface area contributed by atoms with Gasteiger partial charge in [0, 0.05) is 18.7 Å². The Morgan fingerprint density at radius 2 is 2.05 bits per heavy atom. The normalized spacial score (nSPS) is 18.4. The smallest absolute Gasteiger partial charge is 0.251 e. The number of amides is 1. The number of likely N-dealkylation sites (tertiary alicyclic amines) is 1. The maximum Gasteiger partial charge on any atom is 0.251 e. The fraction of sp³-hybridized carbons (Fsp3) is 0.611. The highest BCUT2D eigenvalue weighted by atomic mass is 16.1. The van der Waals surface area contributed by atoms with Crippen LogP contribution in [0.5, 0.6) is 0 Å². The molecule has 1 fully saturated rings. The Labute approximate surface area is 134 Å². The zero-order valence-corrected chi connectivity index (χ0v) is 14.1. The molecule has 0 spiro atoms. The first-order valence-corrected chi connectivity index (χ1v) is 8.28. The van der Waals surface area contributed by atoms with E-state index >= 15 is 0 Å². The van der Waals surface area contributed by atoms with E-state index in [-0.39, 0.29) is 17.4 Å². The summed E-state index contributed by atoms with van der Waals surface area (Å²) < 4.78 is 0. The molecule has 122 valence electrons. The molecule has 4 nitrogen and oxygen atoms in total. The lowest BCUT2D eigenvalue weighted by Gasteiger charge is -2.33. The molecule has 2 rings (SSSR count). The average Bonchev–Trinajstić information content (AvgIpc) is 3.00. The maximum absolute atomic E-state index is 12.5. The molecule has 3 N–H and O–H groups in total. The molecule has 0 aromatic heterocycles. The first-order chi connectivity index (χ1) is 10.4. The monoisotopic (exact) mass is 303 g/mol. The standard InChI is InChI=1S/C18H29N3O/c1-14(2)18(3,13-19)20-17(22)16-8-6-7-15(11-16)12-21-9-4-5-10-21/h6-8,11,14H,4-5,9-10,12-13,19H2,1-3H3,(H,20,22). The topological polar surface area (TPSA) is 58.4 Å². The van der Waals surface area contributed by atoms with Crippen LogP contribution in [0.2, 0.25) is 0 Å². The number of rotatable bonds is 6. The minimum absolute atomic E-state index is 0.0371. The third kappa shape index (κ3) is 4.08. The predicted octanol–water partition coefficient (Wildman–Crippen LogP) is 2.39. The number of nitrogens with zero attached hydrogens (tertiary/aromatic N) is 1. The molecule has 1 heterocycles. The number of carbonyl (C=O) groups is 1. The summed E-state index contributed by atoms with van der Waals surface area (Å²) in [6.07, 6.45) is 2.56. The molecule has 1 aromatic rings. The highest BCUT2D eigenvalue weighted by molar-refractivity contribution is 5.94. The van der Waals surface area contributed by atoms with Crippen LogP contribution in [0.3, 0.4) is 0 Å². The lowest BCUT2D eigenvalue weighted by molar-refractivity contribution is 0.0883. The molecule has 1 saturated heterocycles. The Morgan fingerprint density at radius 3 is 2.64 bits per heavy atom. The molecule has 1 amide bonds. The summed E-state index contributed by atoms with van der Waals surface area (Å²) in [7, 11) is 0. The van der Waals surface area contributed by atoms with Crippen LogP contribution in [0, 0.1) is 5.92 Å². The molecule has 1 unspecified atom stereocenters. The Bertz CT molecular complexity index is 509. The SMILES string of the molecule is CC(C)C(C)(CN)NC(=O)c1cccc(CN2CCCC2)c1. The molecular formula is C18H29N3O. The molecular weight excluding hydrogens is 274 g/mol. The van der Waals surface area contributed by atoms with Crippen molar-refractivity contribution in [3.8, 4) is 0 Å². The molecule has 4 heteroatoms. The Kier molecular flexibility index (Phi) is 5.59. The van der Waals surface area contributed by atoms with Crippen molar-refractivity contribution in [3.05, 3.63) is 35.4 Å². The van der Waals surface area contributed by atoms with Crippen molar-refractivity contribution in [2.75, 3.05) is 19.6 Å². The van der Waals surface area contributed by atoms with E-state index in [1.165, 1.54) is 18.4 Å². The summed E-state index contributed by atoms with van der Waals surface area (Å²) in [5.74, 6) is 0.249. The summed E-state index contributed by atoms with van der Waals surface area (Å²) in [5.41, 5.74) is 7.40. The van der Waals surface area contributed by atoms with Gasteiger partial charge in [0.25, 0.3) is 5.91 Å². The van der Waals surface area contributed by atoms with Gasteiger partial charge in [-0.25, -0.2) is 0 Å². The highest BCUT2D eigenvalue weighted by Crippen LogP contribution is 2.17. The number of benzene rings is 1. The van der Waals surface area contributed by atoms with Crippen molar-refractivity contribution in [3.63, 3.8) is 0 Å². The molecule has 1 aliphatic rings. The van der Waals surface area contributed by atoms with E-state index in [1.54, 1.807) is 0 Å². The molecule has 0 saturated carbocycles. The van der Waals surface area contributed by atoms with Crippen molar-refractivity contribution >= 4 is 5.91 Å². The van der Waals surface area contributed by atoms with Gasteiger partial charge in [0.15, 0.2) is 0 Å². The van der Waals surface area contributed by atoms with E-state index in [0.717, 1.165) is 25.2 Å². The van der Waals surface area contributed by atoms with Crippen molar-refractivity contribution in [1.82, 2.24) is 10.2 Å². The van der Waals surface area contributed by atoms with Gasteiger partial charge in [0.05, 0.1) is 5.54 Å². The minimum atomic E-state index is -0.373. The van der Waals surface area contributed by atoms with Gasteiger partial charge in [-0.05, 0) is 56.5 Å². The molecule has 1 aliphatic heterocycles. The van der Waals surface area contributed by atoms with E-state index in [9.17, 15) is 4.79 Å². The van der Waals surface area contributed by atoms with Crippen LogP contribution in [0.4, 0.5) is 0 Å². The van der Waals surface area contributed by atoms with Crippen molar-refractivity contribution in [1.29, 1.82) is 0 Å².